The minimum Gasteiger partial charge on any atom is -0.454 e. The van der Waals surface area contributed by atoms with Gasteiger partial charge in [0.15, 0.2) is 11.5 Å². The molecule has 0 amide bonds. The summed E-state index contributed by atoms with van der Waals surface area (Å²) in [5.74, 6) is 1.62. The van der Waals surface area contributed by atoms with E-state index in [9.17, 15) is 0 Å². The van der Waals surface area contributed by atoms with Crippen molar-refractivity contribution in [2.45, 2.75) is 32.7 Å². The van der Waals surface area contributed by atoms with Gasteiger partial charge in [-0.1, -0.05) is 45.0 Å². The predicted molar refractivity (Wildman–Crippen MR) is 85.0 cm³/mol. The Labute approximate surface area is 125 Å². The lowest BCUT2D eigenvalue weighted by molar-refractivity contribution is 0.174. The van der Waals surface area contributed by atoms with Gasteiger partial charge in [0.25, 0.3) is 0 Å². The van der Waals surface area contributed by atoms with E-state index in [4.69, 9.17) is 9.47 Å². The van der Waals surface area contributed by atoms with Crippen molar-refractivity contribution in [1.82, 2.24) is 0 Å². The Kier molecular flexibility index (Phi) is 3.50. The van der Waals surface area contributed by atoms with Crippen molar-refractivity contribution in [1.29, 1.82) is 0 Å². The second-order valence-corrected chi connectivity index (χ2v) is 6.37. The van der Waals surface area contributed by atoms with E-state index in [2.05, 4.69) is 50.4 Å². The molecule has 0 aliphatic carbocycles. The molecular weight excluding hydrogens is 262 g/mol. The average Bonchev–Trinajstić information content (AvgIpc) is 2.92. The first-order valence-electron chi connectivity index (χ1n) is 7.25. The molecule has 0 unspecified atom stereocenters. The molecule has 0 spiro atoms. The van der Waals surface area contributed by atoms with Crippen molar-refractivity contribution >= 4 is 5.69 Å². The van der Waals surface area contributed by atoms with Gasteiger partial charge in [0.2, 0.25) is 6.79 Å². The van der Waals surface area contributed by atoms with E-state index in [0.717, 1.165) is 23.7 Å². The van der Waals surface area contributed by atoms with Crippen LogP contribution in [0.2, 0.25) is 0 Å². The van der Waals surface area contributed by atoms with Crippen molar-refractivity contribution in [3.05, 3.63) is 53.6 Å². The van der Waals surface area contributed by atoms with Gasteiger partial charge < -0.3 is 14.8 Å². The molecule has 1 aliphatic rings. The number of ether oxygens (including phenoxy) is 2. The Balaban J connectivity index is 1.65. The van der Waals surface area contributed by atoms with E-state index < -0.39 is 0 Å². The number of nitrogens with one attached hydrogen (secondary N) is 1. The largest absolute Gasteiger partial charge is 0.454 e. The van der Waals surface area contributed by atoms with Crippen LogP contribution in [0.5, 0.6) is 11.5 Å². The highest BCUT2D eigenvalue weighted by atomic mass is 16.7. The van der Waals surface area contributed by atoms with Gasteiger partial charge in [-0.2, -0.15) is 0 Å². The topological polar surface area (TPSA) is 30.5 Å². The van der Waals surface area contributed by atoms with Crippen LogP contribution in [0.3, 0.4) is 0 Å². The molecule has 0 bridgehead atoms. The van der Waals surface area contributed by atoms with Crippen LogP contribution in [0, 0.1) is 0 Å². The fourth-order valence-electron chi connectivity index (χ4n) is 2.33. The Morgan fingerprint density at radius 1 is 0.952 bits per heavy atom. The van der Waals surface area contributed by atoms with E-state index in [1.807, 2.05) is 18.2 Å². The zero-order valence-corrected chi connectivity index (χ0v) is 12.8. The Morgan fingerprint density at radius 2 is 1.67 bits per heavy atom. The van der Waals surface area contributed by atoms with Crippen molar-refractivity contribution < 1.29 is 9.47 Å². The highest BCUT2D eigenvalue weighted by Gasteiger charge is 2.14. The molecular formula is C18H21NO2. The summed E-state index contributed by atoms with van der Waals surface area (Å²) in [6, 6.07) is 14.7. The van der Waals surface area contributed by atoms with Gasteiger partial charge in [-0.15, -0.1) is 0 Å². The predicted octanol–water partition coefficient (Wildman–Crippen LogP) is 4.32. The van der Waals surface area contributed by atoms with Crippen LogP contribution in [-0.4, -0.2) is 6.79 Å². The number of hydrogen-bond donors (Lipinski definition) is 1. The van der Waals surface area contributed by atoms with Crippen molar-refractivity contribution in [3.8, 4) is 11.5 Å². The van der Waals surface area contributed by atoms with Gasteiger partial charge in [-0.25, -0.2) is 0 Å². The summed E-state index contributed by atoms with van der Waals surface area (Å²) in [5.41, 5.74) is 3.86. The van der Waals surface area contributed by atoms with Crippen LogP contribution < -0.4 is 14.8 Å². The first-order chi connectivity index (χ1) is 10.0. The van der Waals surface area contributed by atoms with Crippen LogP contribution in [0.1, 0.15) is 31.9 Å². The highest BCUT2D eigenvalue weighted by Crippen LogP contribution is 2.34. The molecule has 1 aliphatic heterocycles. The van der Waals surface area contributed by atoms with Gasteiger partial charge in [0.05, 0.1) is 0 Å². The zero-order valence-electron chi connectivity index (χ0n) is 12.8. The minimum absolute atomic E-state index is 0.198. The number of rotatable bonds is 3. The molecule has 2 aromatic carbocycles. The molecule has 21 heavy (non-hydrogen) atoms. The normalized spacial score (nSPS) is 13.3. The van der Waals surface area contributed by atoms with Gasteiger partial charge >= 0.3 is 0 Å². The molecule has 0 radical (unpaired) electrons. The maximum absolute atomic E-state index is 5.38. The highest BCUT2D eigenvalue weighted by molar-refractivity contribution is 5.55. The Morgan fingerprint density at radius 3 is 2.38 bits per heavy atom. The fraction of sp³-hybridized carbons (Fsp3) is 0.333. The molecule has 0 saturated heterocycles. The lowest BCUT2D eigenvalue weighted by atomic mass is 9.87. The van der Waals surface area contributed by atoms with E-state index in [1.54, 1.807) is 0 Å². The third-order valence-corrected chi connectivity index (χ3v) is 3.69. The summed E-state index contributed by atoms with van der Waals surface area (Å²) in [5, 5.41) is 3.41. The number of anilines is 1. The van der Waals surface area contributed by atoms with Crippen LogP contribution in [-0.2, 0) is 12.0 Å². The summed E-state index contributed by atoms with van der Waals surface area (Å²) in [6.45, 7) is 7.80. The zero-order chi connectivity index (χ0) is 14.9. The van der Waals surface area contributed by atoms with Crippen molar-refractivity contribution in [3.63, 3.8) is 0 Å². The molecule has 110 valence electrons. The number of benzene rings is 2. The van der Waals surface area contributed by atoms with E-state index in [-0.39, 0.29) is 5.41 Å². The van der Waals surface area contributed by atoms with Crippen LogP contribution in [0.4, 0.5) is 5.69 Å². The monoisotopic (exact) mass is 283 g/mol. The molecule has 1 heterocycles. The lowest BCUT2D eigenvalue weighted by Gasteiger charge is -2.19. The molecule has 0 fully saturated rings. The molecule has 1 N–H and O–H groups in total. The van der Waals surface area contributed by atoms with Gasteiger partial charge in [0.1, 0.15) is 0 Å². The summed E-state index contributed by atoms with van der Waals surface area (Å²) >= 11 is 0. The number of hydrogen-bond acceptors (Lipinski definition) is 3. The summed E-state index contributed by atoms with van der Waals surface area (Å²) < 4.78 is 10.7. The Hall–Kier alpha value is -2.16. The number of fused-ring (bicyclic) bond motifs is 1. The lowest BCUT2D eigenvalue weighted by Crippen LogP contribution is -2.11. The summed E-state index contributed by atoms with van der Waals surface area (Å²) in [4.78, 5) is 0. The second kappa shape index (κ2) is 5.32. The van der Waals surface area contributed by atoms with Gasteiger partial charge in [0, 0.05) is 18.3 Å². The first-order valence-corrected chi connectivity index (χ1v) is 7.25. The van der Waals surface area contributed by atoms with E-state index in [0.29, 0.717) is 6.79 Å². The third kappa shape index (κ3) is 3.13. The molecule has 0 saturated carbocycles. The van der Waals surface area contributed by atoms with Crippen LogP contribution in [0.25, 0.3) is 0 Å². The SMILES string of the molecule is CC(C)(C)c1ccc(CNc2ccc3c(c2)OCO3)cc1. The van der Waals surface area contributed by atoms with Crippen molar-refractivity contribution in [2.24, 2.45) is 0 Å². The Bertz CT molecular complexity index is 627. The molecule has 0 atom stereocenters. The first kappa shape index (κ1) is 13.8. The molecule has 3 rings (SSSR count). The standard InChI is InChI=1S/C18H21NO2/c1-18(2,3)14-6-4-13(5-7-14)11-19-15-8-9-16-17(10-15)21-12-20-16/h4-10,19H,11-12H2,1-3H3. The quantitative estimate of drug-likeness (QED) is 0.909. The summed E-state index contributed by atoms with van der Waals surface area (Å²) in [7, 11) is 0. The molecule has 3 nitrogen and oxygen atoms in total. The van der Waals surface area contributed by atoms with Gasteiger partial charge in [-0.05, 0) is 28.7 Å². The smallest absolute Gasteiger partial charge is 0.231 e. The molecule has 0 aromatic heterocycles. The summed E-state index contributed by atoms with van der Waals surface area (Å²) in [6.07, 6.45) is 0. The van der Waals surface area contributed by atoms with Crippen LogP contribution in [0.15, 0.2) is 42.5 Å². The fourth-order valence-corrected chi connectivity index (χ4v) is 2.33. The molecule has 2 aromatic rings. The van der Waals surface area contributed by atoms with Crippen molar-refractivity contribution in [2.75, 3.05) is 12.1 Å². The van der Waals surface area contributed by atoms with Gasteiger partial charge in [-0.3, -0.25) is 0 Å². The maximum atomic E-state index is 5.38. The average molecular weight is 283 g/mol. The van der Waals surface area contributed by atoms with Crippen LogP contribution >= 0.6 is 0 Å². The maximum Gasteiger partial charge on any atom is 0.231 e. The van der Waals surface area contributed by atoms with E-state index in [1.165, 1.54) is 11.1 Å². The minimum atomic E-state index is 0.198. The third-order valence-electron chi connectivity index (χ3n) is 3.69. The van der Waals surface area contributed by atoms with E-state index >= 15 is 0 Å². The second-order valence-electron chi connectivity index (χ2n) is 6.37. The molecule has 3 heteroatoms.